The molecule has 2 N–H and O–H groups in total. The quantitative estimate of drug-likeness (QED) is 0.902. The van der Waals surface area contributed by atoms with Gasteiger partial charge < -0.3 is 5.73 Å². The fourth-order valence-corrected chi connectivity index (χ4v) is 5.92. The molecule has 0 bridgehead atoms. The van der Waals surface area contributed by atoms with E-state index < -0.39 is 15.2 Å². The molecule has 0 amide bonds. The lowest BCUT2D eigenvalue weighted by Crippen LogP contribution is -2.50. The lowest BCUT2D eigenvalue weighted by Gasteiger charge is -2.40. The first-order chi connectivity index (χ1) is 9.84. The molecule has 0 radical (unpaired) electrons. The normalized spacial score (nSPS) is 22.2. The topological polar surface area (TPSA) is 63.4 Å². The van der Waals surface area contributed by atoms with Gasteiger partial charge in [-0.1, -0.05) is 17.7 Å². The van der Waals surface area contributed by atoms with Crippen LogP contribution in [0.15, 0.2) is 18.2 Å². The Labute approximate surface area is 135 Å². The molecule has 1 aliphatic heterocycles. The molecule has 2 atom stereocenters. The van der Waals surface area contributed by atoms with Crippen molar-refractivity contribution in [2.75, 3.05) is 30.9 Å². The Kier molecular flexibility index (Phi) is 5.59. The van der Waals surface area contributed by atoms with Gasteiger partial charge in [-0.3, -0.25) is 4.90 Å². The fourth-order valence-electron chi connectivity index (χ4n) is 2.77. The molecule has 1 aliphatic rings. The monoisotopic (exact) mass is 348 g/mol. The number of sulfone groups is 1. The van der Waals surface area contributed by atoms with Crippen LogP contribution in [0.4, 0.5) is 0 Å². The molecule has 0 saturated carbocycles. The molecular weight excluding hydrogens is 328 g/mol. The van der Waals surface area contributed by atoms with Gasteiger partial charge in [0.15, 0.2) is 9.84 Å². The number of nitrogens with two attached hydrogens (primary N) is 1. The van der Waals surface area contributed by atoms with Crippen LogP contribution < -0.4 is 5.73 Å². The summed E-state index contributed by atoms with van der Waals surface area (Å²) in [5.74, 6) is 1.52. The molecular formula is C14H21ClN2O2S2. The summed E-state index contributed by atoms with van der Waals surface area (Å²) in [6.45, 7) is 3.10. The minimum Gasteiger partial charge on any atom is -0.329 e. The van der Waals surface area contributed by atoms with Crippen LogP contribution in [-0.4, -0.2) is 49.5 Å². The maximum Gasteiger partial charge on any atom is 0.164 e. The lowest BCUT2D eigenvalue weighted by molar-refractivity contribution is 0.197. The fraction of sp³-hybridized carbons (Fsp3) is 0.571. The number of hydrogen-bond donors (Lipinski definition) is 1. The minimum atomic E-state index is -3.14. The second-order valence-corrected chi connectivity index (χ2v) is 9.14. The van der Waals surface area contributed by atoms with Gasteiger partial charge in [0.25, 0.3) is 0 Å². The van der Waals surface area contributed by atoms with Crippen molar-refractivity contribution < 1.29 is 8.42 Å². The highest BCUT2D eigenvalue weighted by molar-refractivity contribution is 8.00. The Balaban J connectivity index is 2.38. The van der Waals surface area contributed by atoms with Crippen molar-refractivity contribution >= 4 is 33.2 Å². The zero-order chi connectivity index (χ0) is 15.6. The summed E-state index contributed by atoms with van der Waals surface area (Å²) < 4.78 is 24.1. The van der Waals surface area contributed by atoms with Gasteiger partial charge in [0.05, 0.1) is 0 Å². The zero-order valence-electron chi connectivity index (χ0n) is 12.3. The first-order valence-electron chi connectivity index (χ1n) is 6.83. The van der Waals surface area contributed by atoms with Gasteiger partial charge in [-0.05, 0) is 30.2 Å². The molecule has 0 spiro atoms. The summed E-state index contributed by atoms with van der Waals surface area (Å²) in [6, 6.07) is 5.59. The van der Waals surface area contributed by atoms with Crippen LogP contribution in [0, 0.1) is 6.92 Å². The van der Waals surface area contributed by atoms with E-state index in [1.54, 1.807) is 11.8 Å². The first-order valence-corrected chi connectivity index (χ1v) is 10.3. The van der Waals surface area contributed by atoms with Crippen LogP contribution in [-0.2, 0) is 9.84 Å². The third kappa shape index (κ3) is 3.93. The summed E-state index contributed by atoms with van der Waals surface area (Å²) in [5.41, 5.74) is 8.07. The van der Waals surface area contributed by atoms with Crippen molar-refractivity contribution in [1.82, 2.24) is 4.90 Å². The van der Waals surface area contributed by atoms with Crippen LogP contribution >= 0.6 is 23.4 Å². The van der Waals surface area contributed by atoms with E-state index in [9.17, 15) is 8.42 Å². The predicted molar refractivity (Wildman–Crippen MR) is 90.6 cm³/mol. The van der Waals surface area contributed by atoms with E-state index in [0.29, 0.717) is 17.3 Å². The highest BCUT2D eigenvalue weighted by atomic mass is 35.5. The Bertz CT molecular complexity index is 607. The smallest absolute Gasteiger partial charge is 0.164 e. The van der Waals surface area contributed by atoms with E-state index in [4.69, 9.17) is 17.3 Å². The molecule has 1 heterocycles. The number of halogens is 1. The van der Waals surface area contributed by atoms with Gasteiger partial charge in [-0.15, -0.1) is 0 Å². The third-order valence-corrected chi connectivity index (χ3v) is 6.73. The lowest BCUT2D eigenvalue weighted by atomic mass is 10.00. The molecule has 21 heavy (non-hydrogen) atoms. The second kappa shape index (κ2) is 6.87. The standard InChI is InChI=1S/C14H21ClN2O2S2/c1-10-7-11(15)3-4-12(10)13(8-16)17-5-6-20-9-14(17)21(2,18)19/h3-4,7,13-14H,5-6,8-9,16H2,1-2H3. The molecule has 1 saturated heterocycles. The van der Waals surface area contributed by atoms with Gasteiger partial charge in [0.1, 0.15) is 5.37 Å². The Morgan fingerprint density at radius 2 is 2.24 bits per heavy atom. The van der Waals surface area contributed by atoms with E-state index >= 15 is 0 Å². The van der Waals surface area contributed by atoms with Crippen molar-refractivity contribution in [1.29, 1.82) is 0 Å². The van der Waals surface area contributed by atoms with Gasteiger partial charge in [0, 0.05) is 41.9 Å². The highest BCUT2D eigenvalue weighted by Gasteiger charge is 2.35. The number of thioether (sulfide) groups is 1. The number of nitrogens with zero attached hydrogens (tertiary/aromatic N) is 1. The number of benzene rings is 1. The highest BCUT2D eigenvalue weighted by Crippen LogP contribution is 2.31. The average molecular weight is 349 g/mol. The first kappa shape index (κ1) is 17.1. The molecule has 2 unspecified atom stereocenters. The van der Waals surface area contributed by atoms with Gasteiger partial charge >= 0.3 is 0 Å². The van der Waals surface area contributed by atoms with Crippen LogP contribution in [0.25, 0.3) is 0 Å². The van der Waals surface area contributed by atoms with E-state index in [0.717, 1.165) is 23.4 Å². The summed E-state index contributed by atoms with van der Waals surface area (Å²) in [5, 5.41) is 0.209. The summed E-state index contributed by atoms with van der Waals surface area (Å²) in [6.07, 6.45) is 1.30. The average Bonchev–Trinajstić information content (AvgIpc) is 2.41. The predicted octanol–water partition coefficient (Wildman–Crippen LogP) is 2.07. The Morgan fingerprint density at radius 1 is 1.52 bits per heavy atom. The van der Waals surface area contributed by atoms with Gasteiger partial charge in [0.2, 0.25) is 0 Å². The summed E-state index contributed by atoms with van der Waals surface area (Å²) >= 11 is 7.69. The molecule has 1 aromatic rings. The largest absolute Gasteiger partial charge is 0.329 e. The van der Waals surface area contributed by atoms with Crippen LogP contribution in [0.2, 0.25) is 5.02 Å². The maximum absolute atomic E-state index is 12.1. The van der Waals surface area contributed by atoms with Gasteiger partial charge in [-0.2, -0.15) is 11.8 Å². The van der Waals surface area contributed by atoms with Crippen LogP contribution in [0.3, 0.4) is 0 Å². The minimum absolute atomic E-state index is 0.0945. The third-order valence-electron chi connectivity index (χ3n) is 3.83. The van der Waals surface area contributed by atoms with Crippen LogP contribution in [0.5, 0.6) is 0 Å². The van der Waals surface area contributed by atoms with E-state index in [1.807, 2.05) is 30.0 Å². The Morgan fingerprint density at radius 3 is 2.81 bits per heavy atom. The molecule has 1 aromatic carbocycles. The molecule has 7 heteroatoms. The summed E-state index contributed by atoms with van der Waals surface area (Å²) in [7, 11) is -3.14. The molecule has 0 aliphatic carbocycles. The molecule has 2 rings (SSSR count). The zero-order valence-corrected chi connectivity index (χ0v) is 14.6. The van der Waals surface area contributed by atoms with Crippen molar-refractivity contribution in [3.8, 4) is 0 Å². The Hall–Kier alpha value is -0.270. The number of aryl methyl sites for hydroxylation is 1. The summed E-state index contributed by atoms with van der Waals surface area (Å²) in [4.78, 5) is 2.03. The second-order valence-electron chi connectivity index (χ2n) is 5.35. The van der Waals surface area contributed by atoms with E-state index in [2.05, 4.69) is 0 Å². The van der Waals surface area contributed by atoms with E-state index in [1.165, 1.54) is 6.26 Å². The molecule has 0 aromatic heterocycles. The van der Waals surface area contributed by atoms with Crippen LogP contribution in [0.1, 0.15) is 17.2 Å². The number of hydrogen-bond acceptors (Lipinski definition) is 5. The van der Waals surface area contributed by atoms with Crippen molar-refractivity contribution in [2.24, 2.45) is 5.73 Å². The van der Waals surface area contributed by atoms with Gasteiger partial charge in [-0.25, -0.2) is 8.42 Å². The van der Waals surface area contributed by atoms with Crippen molar-refractivity contribution in [3.05, 3.63) is 34.3 Å². The SMILES string of the molecule is Cc1cc(Cl)ccc1C(CN)N1CCSCC1S(C)(=O)=O. The van der Waals surface area contributed by atoms with Crippen molar-refractivity contribution in [3.63, 3.8) is 0 Å². The van der Waals surface area contributed by atoms with E-state index in [-0.39, 0.29) is 6.04 Å². The molecule has 118 valence electrons. The maximum atomic E-state index is 12.1. The molecule has 1 fully saturated rings. The molecule has 4 nitrogen and oxygen atoms in total. The number of rotatable bonds is 4. The van der Waals surface area contributed by atoms with Crippen molar-refractivity contribution in [2.45, 2.75) is 18.3 Å².